The van der Waals surface area contributed by atoms with Crippen LogP contribution in [0.15, 0.2) is 180 Å². The molecule has 0 unspecified atom stereocenters. The molecule has 8 aromatic carbocycles. The molecule has 3 nitrogen and oxygen atoms in total. The fraction of sp³-hybridized carbons (Fsp3) is 0.0204. The molecule has 0 saturated heterocycles. The average Bonchev–Trinajstić information content (AvgIpc) is 3.85. The van der Waals surface area contributed by atoms with Gasteiger partial charge in [0.1, 0.15) is 11.2 Å². The van der Waals surface area contributed by atoms with Crippen molar-refractivity contribution < 1.29 is 4.42 Å². The van der Waals surface area contributed by atoms with Crippen molar-refractivity contribution in [3.63, 3.8) is 0 Å². The summed E-state index contributed by atoms with van der Waals surface area (Å²) in [5, 5.41) is 7.27. The first-order valence-electron chi connectivity index (χ1n) is 17.9. The second kappa shape index (κ2) is 11.1. The molecule has 0 radical (unpaired) electrons. The molecular formula is C49H32N2O. The lowest BCUT2D eigenvalue weighted by Gasteiger charge is -2.17. The van der Waals surface area contributed by atoms with Crippen molar-refractivity contribution >= 4 is 65.6 Å². The molecule has 0 aliphatic heterocycles. The first kappa shape index (κ1) is 28.9. The lowest BCUT2D eigenvalue weighted by molar-refractivity contribution is 0.669. The number of furan rings is 1. The Hall–Kier alpha value is -6.84. The number of hydrogen-bond acceptors (Lipinski definition) is 1. The number of para-hydroxylation sites is 4. The van der Waals surface area contributed by atoms with E-state index in [-0.39, 0.29) is 0 Å². The SMILES string of the molecule is Cc1cccc(-n2c3ccccc3c3cc(-c4ccc5c(c4)c4ccccc4n5-c4ccccc4)ccc32)c1-c1ccc2oc3ccccc3c2c1. The summed E-state index contributed by atoms with van der Waals surface area (Å²) < 4.78 is 11.0. The van der Waals surface area contributed by atoms with Crippen LogP contribution in [0.4, 0.5) is 0 Å². The smallest absolute Gasteiger partial charge is 0.135 e. The zero-order chi connectivity index (χ0) is 34.3. The Labute approximate surface area is 300 Å². The van der Waals surface area contributed by atoms with E-state index in [1.165, 1.54) is 82.8 Å². The molecule has 0 aliphatic carbocycles. The fourth-order valence-electron chi connectivity index (χ4n) is 8.52. The molecule has 11 rings (SSSR count). The van der Waals surface area contributed by atoms with E-state index >= 15 is 0 Å². The maximum Gasteiger partial charge on any atom is 0.135 e. The Morgan fingerprint density at radius 3 is 1.63 bits per heavy atom. The summed E-state index contributed by atoms with van der Waals surface area (Å²) in [6.07, 6.45) is 0. The van der Waals surface area contributed by atoms with Gasteiger partial charge in [-0.3, -0.25) is 0 Å². The van der Waals surface area contributed by atoms with Gasteiger partial charge in [-0.2, -0.15) is 0 Å². The first-order chi connectivity index (χ1) is 25.7. The summed E-state index contributed by atoms with van der Waals surface area (Å²) in [5.41, 5.74) is 15.0. The molecule has 0 aliphatic rings. The number of aryl methyl sites for hydroxylation is 1. The highest BCUT2D eigenvalue weighted by Gasteiger charge is 2.19. The predicted molar refractivity (Wildman–Crippen MR) is 218 cm³/mol. The Bertz CT molecular complexity index is 3190. The second-order valence-corrected chi connectivity index (χ2v) is 13.8. The van der Waals surface area contributed by atoms with Gasteiger partial charge in [-0.15, -0.1) is 0 Å². The van der Waals surface area contributed by atoms with Crippen LogP contribution < -0.4 is 0 Å². The first-order valence-corrected chi connectivity index (χ1v) is 17.9. The molecule has 3 aromatic heterocycles. The van der Waals surface area contributed by atoms with Gasteiger partial charge in [0.15, 0.2) is 0 Å². The number of rotatable bonds is 4. The van der Waals surface area contributed by atoms with Crippen molar-refractivity contribution in [3.05, 3.63) is 181 Å². The molecule has 244 valence electrons. The van der Waals surface area contributed by atoms with Gasteiger partial charge in [0, 0.05) is 43.6 Å². The van der Waals surface area contributed by atoms with E-state index in [1.54, 1.807) is 0 Å². The standard InChI is InChI=1S/C49H32N2O/c1-31-12-11-20-46(49(31)34-24-27-48-41(30-34)38-17-7-10-21-47(38)52-48)51-43-19-9-6-16-37(43)40-29-33(23-26-45(40)51)32-22-25-44-39(28-32)36-15-5-8-18-42(36)50(44)35-13-3-2-4-14-35/h2-30H,1H3. The molecule has 0 spiro atoms. The minimum Gasteiger partial charge on any atom is -0.456 e. The number of nitrogens with zero attached hydrogens (tertiary/aromatic N) is 2. The molecule has 0 saturated carbocycles. The van der Waals surface area contributed by atoms with Crippen molar-refractivity contribution in [2.45, 2.75) is 6.92 Å². The predicted octanol–water partition coefficient (Wildman–Crippen LogP) is 13.4. The highest BCUT2D eigenvalue weighted by Crippen LogP contribution is 2.41. The summed E-state index contributed by atoms with van der Waals surface area (Å²) >= 11 is 0. The van der Waals surface area contributed by atoms with Crippen molar-refractivity contribution in [2.75, 3.05) is 0 Å². The maximum atomic E-state index is 6.20. The van der Waals surface area contributed by atoms with Crippen LogP contribution in [0.25, 0.3) is 99.2 Å². The Morgan fingerprint density at radius 1 is 0.365 bits per heavy atom. The average molecular weight is 665 g/mol. The summed E-state index contributed by atoms with van der Waals surface area (Å²) in [6, 6.07) is 63.6. The van der Waals surface area contributed by atoms with Gasteiger partial charge in [-0.1, -0.05) is 103 Å². The summed E-state index contributed by atoms with van der Waals surface area (Å²) in [5.74, 6) is 0. The zero-order valence-electron chi connectivity index (χ0n) is 28.5. The third kappa shape index (κ3) is 4.20. The van der Waals surface area contributed by atoms with E-state index in [1.807, 2.05) is 12.1 Å². The van der Waals surface area contributed by atoms with E-state index < -0.39 is 0 Å². The molecule has 3 heterocycles. The molecule has 0 fully saturated rings. The summed E-state index contributed by atoms with van der Waals surface area (Å²) in [7, 11) is 0. The van der Waals surface area contributed by atoms with Crippen LogP contribution in [0.5, 0.6) is 0 Å². The summed E-state index contributed by atoms with van der Waals surface area (Å²) in [4.78, 5) is 0. The number of hydrogen-bond donors (Lipinski definition) is 0. The van der Waals surface area contributed by atoms with Crippen LogP contribution in [0, 0.1) is 6.92 Å². The normalized spacial score (nSPS) is 11.9. The molecule has 0 bridgehead atoms. The van der Waals surface area contributed by atoms with Crippen molar-refractivity contribution in [1.82, 2.24) is 9.13 Å². The Kier molecular flexibility index (Phi) is 6.17. The third-order valence-electron chi connectivity index (χ3n) is 10.8. The molecule has 0 N–H and O–H groups in total. The van der Waals surface area contributed by atoms with Gasteiger partial charge in [-0.05, 0) is 102 Å². The Balaban J connectivity index is 1.11. The van der Waals surface area contributed by atoms with E-state index in [2.05, 4.69) is 180 Å². The highest BCUT2D eigenvalue weighted by atomic mass is 16.3. The van der Waals surface area contributed by atoms with E-state index in [9.17, 15) is 0 Å². The van der Waals surface area contributed by atoms with Crippen molar-refractivity contribution in [3.8, 4) is 33.6 Å². The van der Waals surface area contributed by atoms with Crippen LogP contribution in [0.2, 0.25) is 0 Å². The van der Waals surface area contributed by atoms with Crippen molar-refractivity contribution in [1.29, 1.82) is 0 Å². The van der Waals surface area contributed by atoms with E-state index in [4.69, 9.17) is 4.42 Å². The third-order valence-corrected chi connectivity index (χ3v) is 10.8. The van der Waals surface area contributed by atoms with Gasteiger partial charge in [-0.25, -0.2) is 0 Å². The fourth-order valence-corrected chi connectivity index (χ4v) is 8.52. The van der Waals surface area contributed by atoms with Crippen LogP contribution in [-0.2, 0) is 0 Å². The van der Waals surface area contributed by atoms with Crippen LogP contribution in [0.3, 0.4) is 0 Å². The van der Waals surface area contributed by atoms with Gasteiger partial charge in [0.2, 0.25) is 0 Å². The largest absolute Gasteiger partial charge is 0.456 e. The molecule has 0 amide bonds. The van der Waals surface area contributed by atoms with Gasteiger partial charge in [0.05, 0.1) is 27.8 Å². The number of benzene rings is 8. The second-order valence-electron chi connectivity index (χ2n) is 13.8. The lowest BCUT2D eigenvalue weighted by Crippen LogP contribution is -1.99. The molecule has 52 heavy (non-hydrogen) atoms. The van der Waals surface area contributed by atoms with Crippen molar-refractivity contribution in [2.24, 2.45) is 0 Å². The van der Waals surface area contributed by atoms with Gasteiger partial charge in [0.25, 0.3) is 0 Å². The van der Waals surface area contributed by atoms with Crippen LogP contribution in [-0.4, -0.2) is 9.13 Å². The van der Waals surface area contributed by atoms with E-state index in [0.29, 0.717) is 0 Å². The number of fused-ring (bicyclic) bond motifs is 9. The van der Waals surface area contributed by atoms with E-state index in [0.717, 1.165) is 21.9 Å². The minimum absolute atomic E-state index is 0.910. The topological polar surface area (TPSA) is 23.0 Å². The summed E-state index contributed by atoms with van der Waals surface area (Å²) in [6.45, 7) is 2.22. The molecular weight excluding hydrogens is 633 g/mol. The van der Waals surface area contributed by atoms with Crippen LogP contribution in [0.1, 0.15) is 5.56 Å². The zero-order valence-corrected chi connectivity index (χ0v) is 28.5. The number of aromatic nitrogens is 2. The minimum atomic E-state index is 0.910. The lowest BCUT2D eigenvalue weighted by atomic mass is 9.96. The van der Waals surface area contributed by atoms with Crippen LogP contribution >= 0.6 is 0 Å². The quantitative estimate of drug-likeness (QED) is 0.184. The molecule has 0 atom stereocenters. The van der Waals surface area contributed by atoms with Gasteiger partial charge >= 0.3 is 0 Å². The molecule has 11 aromatic rings. The monoisotopic (exact) mass is 664 g/mol. The maximum absolute atomic E-state index is 6.20. The Morgan fingerprint density at radius 2 is 0.904 bits per heavy atom. The molecule has 3 heteroatoms. The van der Waals surface area contributed by atoms with Gasteiger partial charge < -0.3 is 13.6 Å². The highest BCUT2D eigenvalue weighted by molar-refractivity contribution is 6.13.